The average molecular weight is 367 g/mol. The molecular weight excluding hydrogens is 346 g/mol. The van der Waals surface area contributed by atoms with Crippen LogP contribution in [0.2, 0.25) is 0 Å². The minimum absolute atomic E-state index is 0.293. The standard InChI is InChI=1S/C20H21N3O2S/c24-26(25,23-13-7-8-14-23)19-16-22(15-17-9-3-1-4-10-17)21-20(19)18-11-5-2-6-12-18/h1-6,9-12,16H,7-8,13-15H2. The molecule has 4 rings (SSSR count). The number of aromatic nitrogens is 2. The Morgan fingerprint density at radius 1 is 0.885 bits per heavy atom. The van der Waals surface area contributed by atoms with Crippen molar-refractivity contribution in [1.82, 2.24) is 14.1 Å². The molecule has 5 nitrogen and oxygen atoms in total. The van der Waals surface area contributed by atoms with Crippen molar-refractivity contribution in [3.63, 3.8) is 0 Å². The number of hydrogen-bond acceptors (Lipinski definition) is 3. The first-order valence-electron chi connectivity index (χ1n) is 8.81. The third-order valence-corrected chi connectivity index (χ3v) is 6.55. The molecule has 1 aromatic heterocycles. The summed E-state index contributed by atoms with van der Waals surface area (Å²) in [6, 6.07) is 19.4. The van der Waals surface area contributed by atoms with Crippen LogP contribution in [0.25, 0.3) is 11.3 Å². The summed E-state index contributed by atoms with van der Waals surface area (Å²) in [4.78, 5) is 0.293. The number of rotatable bonds is 5. The maximum Gasteiger partial charge on any atom is 0.246 e. The number of sulfonamides is 1. The van der Waals surface area contributed by atoms with E-state index in [9.17, 15) is 8.42 Å². The molecule has 0 bridgehead atoms. The molecule has 0 N–H and O–H groups in total. The second-order valence-electron chi connectivity index (χ2n) is 6.50. The predicted octanol–water partition coefficient (Wildman–Crippen LogP) is 3.38. The van der Waals surface area contributed by atoms with Crippen molar-refractivity contribution in [3.05, 3.63) is 72.4 Å². The second kappa shape index (κ2) is 7.05. The van der Waals surface area contributed by atoms with E-state index in [1.165, 1.54) is 0 Å². The van der Waals surface area contributed by atoms with Crippen LogP contribution in [0.5, 0.6) is 0 Å². The molecule has 1 fully saturated rings. The summed E-state index contributed by atoms with van der Waals surface area (Å²) in [5, 5.41) is 4.62. The molecule has 0 aliphatic carbocycles. The van der Waals surface area contributed by atoms with Gasteiger partial charge in [-0.05, 0) is 18.4 Å². The molecule has 1 saturated heterocycles. The van der Waals surface area contributed by atoms with Crippen molar-refractivity contribution in [2.75, 3.05) is 13.1 Å². The molecule has 134 valence electrons. The van der Waals surface area contributed by atoms with Crippen molar-refractivity contribution in [1.29, 1.82) is 0 Å². The van der Waals surface area contributed by atoms with Crippen LogP contribution in [0.1, 0.15) is 18.4 Å². The third kappa shape index (κ3) is 3.30. The van der Waals surface area contributed by atoms with Crippen LogP contribution in [0, 0.1) is 0 Å². The first kappa shape index (κ1) is 17.0. The Kier molecular flexibility index (Phi) is 4.61. The highest BCUT2D eigenvalue weighted by atomic mass is 32.2. The molecule has 26 heavy (non-hydrogen) atoms. The number of nitrogens with zero attached hydrogens (tertiary/aromatic N) is 3. The summed E-state index contributed by atoms with van der Waals surface area (Å²) in [5.74, 6) is 0. The summed E-state index contributed by atoms with van der Waals surface area (Å²) in [6.45, 7) is 1.71. The fourth-order valence-electron chi connectivity index (χ4n) is 3.31. The maximum atomic E-state index is 13.2. The Morgan fingerprint density at radius 2 is 1.50 bits per heavy atom. The molecule has 1 aliphatic rings. The summed E-state index contributed by atoms with van der Waals surface area (Å²) in [7, 11) is -3.54. The lowest BCUT2D eigenvalue weighted by molar-refractivity contribution is 0.477. The summed E-state index contributed by atoms with van der Waals surface area (Å²) < 4.78 is 29.6. The van der Waals surface area contributed by atoms with Gasteiger partial charge in [0.25, 0.3) is 0 Å². The molecule has 0 unspecified atom stereocenters. The largest absolute Gasteiger partial charge is 0.266 e. The van der Waals surface area contributed by atoms with E-state index in [2.05, 4.69) is 5.10 Å². The Hall–Kier alpha value is -2.44. The van der Waals surface area contributed by atoms with Crippen LogP contribution < -0.4 is 0 Å². The third-order valence-electron chi connectivity index (χ3n) is 4.65. The predicted molar refractivity (Wildman–Crippen MR) is 101 cm³/mol. The van der Waals surface area contributed by atoms with E-state index < -0.39 is 10.0 Å². The highest BCUT2D eigenvalue weighted by Crippen LogP contribution is 2.30. The molecular formula is C20H21N3O2S. The first-order valence-corrected chi connectivity index (χ1v) is 10.3. The van der Waals surface area contributed by atoms with Crippen molar-refractivity contribution < 1.29 is 8.42 Å². The maximum absolute atomic E-state index is 13.2. The molecule has 3 aromatic rings. The van der Waals surface area contributed by atoms with Gasteiger partial charge >= 0.3 is 0 Å². The van der Waals surface area contributed by atoms with Crippen molar-refractivity contribution >= 4 is 10.0 Å². The van der Waals surface area contributed by atoms with E-state index in [1.807, 2.05) is 60.7 Å². The fourth-order valence-corrected chi connectivity index (χ4v) is 4.98. The number of benzene rings is 2. The zero-order chi connectivity index (χ0) is 18.0. The monoisotopic (exact) mass is 367 g/mol. The Labute approximate surface area is 153 Å². The van der Waals surface area contributed by atoms with Crippen LogP contribution in [0.3, 0.4) is 0 Å². The summed E-state index contributed by atoms with van der Waals surface area (Å²) >= 11 is 0. The van der Waals surface area contributed by atoms with Gasteiger partial charge in [0.2, 0.25) is 10.0 Å². The van der Waals surface area contributed by atoms with E-state index >= 15 is 0 Å². The van der Waals surface area contributed by atoms with Crippen LogP contribution in [0.15, 0.2) is 71.8 Å². The molecule has 6 heteroatoms. The van der Waals surface area contributed by atoms with Gasteiger partial charge < -0.3 is 0 Å². The highest BCUT2D eigenvalue weighted by Gasteiger charge is 2.31. The fraction of sp³-hybridized carbons (Fsp3) is 0.250. The quantitative estimate of drug-likeness (QED) is 0.695. The summed E-state index contributed by atoms with van der Waals surface area (Å²) in [5.41, 5.74) is 2.42. The van der Waals surface area contributed by atoms with E-state index in [-0.39, 0.29) is 0 Å². The smallest absolute Gasteiger partial charge is 0.246 e. The van der Waals surface area contributed by atoms with Crippen LogP contribution >= 0.6 is 0 Å². The average Bonchev–Trinajstić information content (AvgIpc) is 3.34. The Morgan fingerprint density at radius 3 is 2.15 bits per heavy atom. The lowest BCUT2D eigenvalue weighted by atomic mass is 10.2. The van der Waals surface area contributed by atoms with Gasteiger partial charge in [-0.15, -0.1) is 0 Å². The summed E-state index contributed by atoms with van der Waals surface area (Å²) in [6.07, 6.45) is 3.50. The van der Waals surface area contributed by atoms with Crippen LogP contribution in [-0.4, -0.2) is 35.6 Å². The van der Waals surface area contributed by atoms with Gasteiger partial charge in [0.1, 0.15) is 10.6 Å². The highest BCUT2D eigenvalue weighted by molar-refractivity contribution is 7.89. The molecule has 1 aliphatic heterocycles. The second-order valence-corrected chi connectivity index (χ2v) is 8.41. The zero-order valence-corrected chi connectivity index (χ0v) is 15.3. The normalized spacial score (nSPS) is 15.4. The van der Waals surface area contributed by atoms with Crippen molar-refractivity contribution in [2.45, 2.75) is 24.3 Å². The van der Waals surface area contributed by atoms with Gasteiger partial charge in [-0.2, -0.15) is 9.40 Å². The van der Waals surface area contributed by atoms with Crippen LogP contribution in [-0.2, 0) is 16.6 Å². The molecule has 0 saturated carbocycles. The minimum atomic E-state index is -3.54. The topological polar surface area (TPSA) is 55.2 Å². The van der Waals surface area contributed by atoms with E-state index in [0.29, 0.717) is 30.2 Å². The lowest BCUT2D eigenvalue weighted by Crippen LogP contribution is -2.28. The van der Waals surface area contributed by atoms with E-state index in [0.717, 1.165) is 24.0 Å². The molecule has 2 heterocycles. The molecule has 0 amide bonds. The molecule has 2 aromatic carbocycles. The minimum Gasteiger partial charge on any atom is -0.266 e. The lowest BCUT2D eigenvalue weighted by Gasteiger charge is -2.15. The van der Waals surface area contributed by atoms with Gasteiger partial charge in [-0.25, -0.2) is 8.42 Å². The van der Waals surface area contributed by atoms with Gasteiger partial charge in [0, 0.05) is 24.8 Å². The number of hydrogen-bond donors (Lipinski definition) is 0. The van der Waals surface area contributed by atoms with Gasteiger partial charge in [-0.1, -0.05) is 60.7 Å². The van der Waals surface area contributed by atoms with E-state index in [4.69, 9.17) is 0 Å². The zero-order valence-electron chi connectivity index (χ0n) is 14.5. The molecule has 0 radical (unpaired) electrons. The van der Waals surface area contributed by atoms with Crippen molar-refractivity contribution in [3.8, 4) is 11.3 Å². The van der Waals surface area contributed by atoms with Gasteiger partial charge in [-0.3, -0.25) is 4.68 Å². The van der Waals surface area contributed by atoms with Gasteiger partial charge in [0.05, 0.1) is 6.54 Å². The SMILES string of the molecule is O=S(=O)(c1cn(Cc2ccccc2)nc1-c1ccccc1)N1CCCC1. The molecule has 0 atom stereocenters. The van der Waals surface area contributed by atoms with Gasteiger partial charge in [0.15, 0.2) is 0 Å². The van der Waals surface area contributed by atoms with Crippen molar-refractivity contribution in [2.24, 2.45) is 0 Å². The van der Waals surface area contributed by atoms with Crippen LogP contribution in [0.4, 0.5) is 0 Å². The molecule has 0 spiro atoms. The Balaban J connectivity index is 1.78. The Bertz CT molecular complexity index is 976. The van der Waals surface area contributed by atoms with E-state index in [1.54, 1.807) is 15.2 Å². The first-order chi connectivity index (χ1) is 12.6.